The van der Waals surface area contributed by atoms with Gasteiger partial charge in [-0.05, 0) is 38.8 Å². The first-order valence-corrected chi connectivity index (χ1v) is 10.7. The lowest BCUT2D eigenvalue weighted by Crippen LogP contribution is -2.43. The highest BCUT2D eigenvalue weighted by atomic mass is 32.2. The first kappa shape index (κ1) is 21.9. The van der Waals surface area contributed by atoms with Gasteiger partial charge in [-0.3, -0.25) is 9.79 Å². The SMILES string of the molecule is CCNC(=NCCC(=O)Nc1ccc(C)cn1)NC(C)CCS(C)(=O)=O. The molecule has 1 heterocycles. The summed E-state index contributed by atoms with van der Waals surface area (Å²) in [5.74, 6) is 1.04. The molecule has 0 aromatic carbocycles. The zero-order valence-corrected chi connectivity index (χ0v) is 16.7. The van der Waals surface area contributed by atoms with Crippen LogP contribution in [0.3, 0.4) is 0 Å². The van der Waals surface area contributed by atoms with Gasteiger partial charge in [0.05, 0.1) is 12.3 Å². The molecule has 1 aromatic rings. The number of sulfone groups is 1. The summed E-state index contributed by atoms with van der Waals surface area (Å²) in [4.78, 5) is 20.4. The second-order valence-electron chi connectivity index (χ2n) is 6.24. The lowest BCUT2D eigenvalue weighted by Gasteiger charge is -2.17. The highest BCUT2D eigenvalue weighted by Gasteiger charge is 2.10. The molecule has 1 aromatic heterocycles. The number of carbonyl (C=O) groups is 1. The summed E-state index contributed by atoms with van der Waals surface area (Å²) in [6, 6.07) is 3.59. The summed E-state index contributed by atoms with van der Waals surface area (Å²) in [6.45, 7) is 6.75. The van der Waals surface area contributed by atoms with Crippen LogP contribution in [0.1, 0.15) is 32.3 Å². The fourth-order valence-electron chi connectivity index (χ4n) is 2.03. The molecule has 1 amide bonds. The Kier molecular flexibility index (Phi) is 9.04. The van der Waals surface area contributed by atoms with Gasteiger partial charge >= 0.3 is 0 Å². The Morgan fingerprint density at radius 2 is 2.08 bits per heavy atom. The monoisotopic (exact) mass is 383 g/mol. The number of nitrogens with zero attached hydrogens (tertiary/aromatic N) is 2. The fraction of sp³-hybridized carbons (Fsp3) is 0.588. The minimum Gasteiger partial charge on any atom is -0.357 e. The van der Waals surface area contributed by atoms with Crippen LogP contribution in [-0.2, 0) is 14.6 Å². The summed E-state index contributed by atoms with van der Waals surface area (Å²) < 4.78 is 22.5. The van der Waals surface area contributed by atoms with Gasteiger partial charge in [0, 0.05) is 31.5 Å². The van der Waals surface area contributed by atoms with Crippen LogP contribution >= 0.6 is 0 Å². The van der Waals surface area contributed by atoms with Crippen molar-refractivity contribution in [2.45, 2.75) is 39.7 Å². The zero-order chi connectivity index (χ0) is 19.6. The summed E-state index contributed by atoms with van der Waals surface area (Å²) in [5, 5.41) is 8.96. The molecule has 0 aliphatic heterocycles. The van der Waals surface area contributed by atoms with E-state index >= 15 is 0 Å². The molecule has 0 saturated heterocycles. The van der Waals surface area contributed by atoms with Crippen LogP contribution in [0.25, 0.3) is 0 Å². The van der Waals surface area contributed by atoms with Crippen LogP contribution in [0.15, 0.2) is 23.3 Å². The van der Waals surface area contributed by atoms with Gasteiger partial charge in [-0.25, -0.2) is 13.4 Å². The van der Waals surface area contributed by atoms with Gasteiger partial charge in [0.25, 0.3) is 0 Å². The number of pyridine rings is 1. The Morgan fingerprint density at radius 1 is 1.35 bits per heavy atom. The van der Waals surface area contributed by atoms with E-state index in [2.05, 4.69) is 25.9 Å². The molecule has 0 aliphatic rings. The zero-order valence-electron chi connectivity index (χ0n) is 15.9. The predicted molar refractivity (Wildman–Crippen MR) is 105 cm³/mol. The second-order valence-corrected chi connectivity index (χ2v) is 8.50. The van der Waals surface area contributed by atoms with E-state index in [-0.39, 0.29) is 24.1 Å². The first-order valence-electron chi connectivity index (χ1n) is 8.64. The van der Waals surface area contributed by atoms with Crippen LogP contribution < -0.4 is 16.0 Å². The van der Waals surface area contributed by atoms with Crippen molar-refractivity contribution in [1.29, 1.82) is 0 Å². The molecule has 8 nitrogen and oxygen atoms in total. The van der Waals surface area contributed by atoms with Gasteiger partial charge in [0.15, 0.2) is 5.96 Å². The molecule has 146 valence electrons. The number of aryl methyl sites for hydroxylation is 1. The maximum atomic E-state index is 11.9. The van der Waals surface area contributed by atoms with Crippen LogP contribution in [0.4, 0.5) is 5.82 Å². The molecule has 0 radical (unpaired) electrons. The first-order chi connectivity index (χ1) is 12.2. The molecule has 26 heavy (non-hydrogen) atoms. The average molecular weight is 384 g/mol. The number of hydrogen-bond donors (Lipinski definition) is 3. The summed E-state index contributed by atoms with van der Waals surface area (Å²) >= 11 is 0. The Bertz CT molecular complexity index is 702. The Balaban J connectivity index is 2.47. The van der Waals surface area contributed by atoms with Crippen molar-refractivity contribution < 1.29 is 13.2 Å². The summed E-state index contributed by atoms with van der Waals surface area (Å²) in [6.07, 6.45) is 3.63. The Morgan fingerprint density at radius 3 is 2.65 bits per heavy atom. The van der Waals surface area contributed by atoms with E-state index < -0.39 is 9.84 Å². The molecule has 1 unspecified atom stereocenters. The lowest BCUT2D eigenvalue weighted by atomic mass is 10.3. The van der Waals surface area contributed by atoms with Gasteiger partial charge in [-0.2, -0.15) is 0 Å². The minimum atomic E-state index is -2.99. The van der Waals surface area contributed by atoms with E-state index in [4.69, 9.17) is 0 Å². The minimum absolute atomic E-state index is 0.0480. The molecule has 1 rings (SSSR count). The molecular weight excluding hydrogens is 354 g/mol. The molecule has 0 fully saturated rings. The number of rotatable bonds is 9. The van der Waals surface area contributed by atoms with Crippen molar-refractivity contribution in [2.24, 2.45) is 4.99 Å². The molecule has 0 spiro atoms. The molecular formula is C17H29N5O3S. The fourth-order valence-corrected chi connectivity index (χ4v) is 2.81. The van der Waals surface area contributed by atoms with E-state index in [9.17, 15) is 13.2 Å². The van der Waals surface area contributed by atoms with Crippen molar-refractivity contribution in [3.63, 3.8) is 0 Å². The van der Waals surface area contributed by atoms with Crippen molar-refractivity contribution in [2.75, 3.05) is 30.4 Å². The number of carbonyl (C=O) groups excluding carboxylic acids is 1. The Hall–Kier alpha value is -2.16. The lowest BCUT2D eigenvalue weighted by molar-refractivity contribution is -0.116. The number of anilines is 1. The van der Waals surface area contributed by atoms with E-state index in [1.165, 1.54) is 6.26 Å². The quantitative estimate of drug-likeness (QED) is 0.435. The highest BCUT2D eigenvalue weighted by Crippen LogP contribution is 2.04. The van der Waals surface area contributed by atoms with E-state index in [1.807, 2.05) is 26.8 Å². The van der Waals surface area contributed by atoms with E-state index in [0.29, 0.717) is 31.3 Å². The van der Waals surface area contributed by atoms with E-state index in [1.54, 1.807) is 12.3 Å². The molecule has 0 saturated carbocycles. The summed E-state index contributed by atoms with van der Waals surface area (Å²) in [7, 11) is -2.99. The van der Waals surface area contributed by atoms with Gasteiger partial charge < -0.3 is 16.0 Å². The molecule has 0 bridgehead atoms. The van der Waals surface area contributed by atoms with Crippen molar-refractivity contribution in [1.82, 2.24) is 15.6 Å². The van der Waals surface area contributed by atoms with Crippen molar-refractivity contribution in [3.8, 4) is 0 Å². The standard InChI is InChI=1S/C17H29N5O3S/c1-5-18-17(21-14(3)9-11-26(4,24)25)19-10-8-16(23)22-15-7-6-13(2)12-20-15/h6-7,12,14H,5,8-11H2,1-4H3,(H2,18,19,21)(H,20,22,23). The second kappa shape index (κ2) is 10.7. The van der Waals surface area contributed by atoms with Crippen molar-refractivity contribution >= 4 is 27.5 Å². The molecule has 0 aliphatic carbocycles. The van der Waals surface area contributed by atoms with Crippen LogP contribution in [0.5, 0.6) is 0 Å². The van der Waals surface area contributed by atoms with E-state index in [0.717, 1.165) is 5.56 Å². The van der Waals surface area contributed by atoms with Crippen molar-refractivity contribution in [3.05, 3.63) is 23.9 Å². The summed E-state index contributed by atoms with van der Waals surface area (Å²) in [5.41, 5.74) is 1.03. The number of aromatic nitrogens is 1. The molecule has 3 N–H and O–H groups in total. The number of amides is 1. The van der Waals surface area contributed by atoms with Gasteiger partial charge in [0.1, 0.15) is 15.7 Å². The number of hydrogen-bond acceptors (Lipinski definition) is 5. The van der Waals surface area contributed by atoms with Crippen LogP contribution in [0.2, 0.25) is 0 Å². The smallest absolute Gasteiger partial charge is 0.227 e. The van der Waals surface area contributed by atoms with Gasteiger partial charge in [0.2, 0.25) is 5.91 Å². The third-order valence-corrected chi connectivity index (χ3v) is 4.41. The molecule has 1 atom stereocenters. The third-order valence-electron chi connectivity index (χ3n) is 3.44. The van der Waals surface area contributed by atoms with Crippen LogP contribution in [-0.4, -0.2) is 56.4 Å². The maximum Gasteiger partial charge on any atom is 0.227 e. The molecule has 9 heteroatoms. The van der Waals surface area contributed by atoms with Gasteiger partial charge in [-0.1, -0.05) is 6.07 Å². The predicted octanol–water partition coefficient (Wildman–Crippen LogP) is 1.10. The maximum absolute atomic E-state index is 11.9. The number of guanidine groups is 1. The highest BCUT2D eigenvalue weighted by molar-refractivity contribution is 7.90. The topological polar surface area (TPSA) is 113 Å². The van der Waals surface area contributed by atoms with Crippen LogP contribution in [0, 0.1) is 6.92 Å². The average Bonchev–Trinajstić information content (AvgIpc) is 2.54. The third kappa shape index (κ3) is 9.97. The Labute approximate surface area is 155 Å². The van der Waals surface area contributed by atoms with Gasteiger partial charge in [-0.15, -0.1) is 0 Å². The largest absolute Gasteiger partial charge is 0.357 e. The number of aliphatic imine (C=N–C) groups is 1. The number of nitrogens with one attached hydrogen (secondary N) is 3. The normalized spacial score (nSPS) is 13.2.